The van der Waals surface area contributed by atoms with Crippen molar-refractivity contribution in [2.75, 3.05) is 13.1 Å². The Morgan fingerprint density at radius 1 is 0.962 bits per heavy atom. The standard InChI is InChI=1S/C21H21NO4/c23-19(24)13-14-9-11-22(12-10-14)21(25)20-15-5-1-3-7-17(15)26-18-8-4-2-6-16(18)20/h1-8,14,20H,9-13H2,(H,23,24). The summed E-state index contributed by atoms with van der Waals surface area (Å²) in [6.07, 6.45) is 1.67. The van der Waals surface area contributed by atoms with Crippen LogP contribution in [0.5, 0.6) is 11.5 Å². The van der Waals surface area contributed by atoms with E-state index in [-0.39, 0.29) is 24.2 Å². The Kier molecular flexibility index (Phi) is 4.37. The summed E-state index contributed by atoms with van der Waals surface area (Å²) in [6.45, 7) is 1.22. The van der Waals surface area contributed by atoms with E-state index in [2.05, 4.69) is 0 Å². The first-order valence-corrected chi connectivity index (χ1v) is 9.00. The number of ether oxygens (including phenoxy) is 1. The van der Waals surface area contributed by atoms with Crippen LogP contribution in [0.2, 0.25) is 0 Å². The molecule has 2 heterocycles. The number of fused-ring (bicyclic) bond motifs is 2. The zero-order valence-electron chi connectivity index (χ0n) is 14.4. The predicted molar refractivity (Wildman–Crippen MR) is 96.4 cm³/mol. The average Bonchev–Trinajstić information content (AvgIpc) is 2.65. The second-order valence-electron chi connectivity index (χ2n) is 6.98. The molecule has 0 aliphatic carbocycles. The van der Waals surface area contributed by atoms with Gasteiger partial charge < -0.3 is 14.7 Å². The number of benzene rings is 2. The molecule has 0 saturated carbocycles. The van der Waals surface area contributed by atoms with Gasteiger partial charge in [-0.1, -0.05) is 36.4 Å². The molecule has 4 rings (SSSR count). The Hall–Kier alpha value is -2.82. The van der Waals surface area contributed by atoms with Crippen LogP contribution in [0.25, 0.3) is 0 Å². The summed E-state index contributed by atoms with van der Waals surface area (Å²) in [7, 11) is 0. The molecule has 2 aliphatic heterocycles. The molecular formula is C21H21NO4. The van der Waals surface area contributed by atoms with Crippen molar-refractivity contribution in [2.24, 2.45) is 5.92 Å². The quantitative estimate of drug-likeness (QED) is 0.917. The normalized spacial score (nSPS) is 17.2. The molecule has 1 fully saturated rings. The Labute approximate surface area is 152 Å². The number of carboxylic acid groups (broad SMARTS) is 1. The minimum atomic E-state index is -0.762. The average molecular weight is 351 g/mol. The van der Waals surface area contributed by atoms with E-state index in [0.29, 0.717) is 13.1 Å². The fourth-order valence-corrected chi connectivity index (χ4v) is 3.96. The molecule has 5 nitrogen and oxygen atoms in total. The number of para-hydroxylation sites is 2. The highest BCUT2D eigenvalue weighted by atomic mass is 16.5. The molecule has 2 aromatic carbocycles. The summed E-state index contributed by atoms with van der Waals surface area (Å²) in [5.74, 6) is 0.553. The Bertz CT molecular complexity index is 794. The summed E-state index contributed by atoms with van der Waals surface area (Å²) in [6, 6.07) is 15.4. The van der Waals surface area contributed by atoms with Crippen molar-refractivity contribution in [2.45, 2.75) is 25.2 Å². The lowest BCUT2D eigenvalue weighted by molar-refractivity contribution is -0.138. The van der Waals surface area contributed by atoms with Crippen LogP contribution in [0, 0.1) is 5.92 Å². The third-order valence-electron chi connectivity index (χ3n) is 5.32. The number of likely N-dealkylation sites (tertiary alicyclic amines) is 1. The van der Waals surface area contributed by atoms with Crippen LogP contribution in [0.15, 0.2) is 48.5 Å². The number of hydrogen-bond donors (Lipinski definition) is 1. The van der Waals surface area contributed by atoms with Gasteiger partial charge in [-0.2, -0.15) is 0 Å². The van der Waals surface area contributed by atoms with Crippen molar-refractivity contribution in [3.63, 3.8) is 0 Å². The van der Waals surface area contributed by atoms with Gasteiger partial charge in [0.25, 0.3) is 0 Å². The monoisotopic (exact) mass is 351 g/mol. The smallest absolute Gasteiger partial charge is 0.303 e. The summed E-state index contributed by atoms with van der Waals surface area (Å²) in [4.78, 5) is 26.1. The molecule has 0 radical (unpaired) electrons. The third kappa shape index (κ3) is 3.05. The Morgan fingerprint density at radius 3 is 2.04 bits per heavy atom. The van der Waals surface area contributed by atoms with Gasteiger partial charge in [0.1, 0.15) is 11.5 Å². The molecule has 26 heavy (non-hydrogen) atoms. The summed E-state index contributed by atoms with van der Waals surface area (Å²) < 4.78 is 5.97. The number of carbonyl (C=O) groups is 2. The molecule has 0 bridgehead atoms. The van der Waals surface area contributed by atoms with Gasteiger partial charge in [-0.25, -0.2) is 0 Å². The maximum atomic E-state index is 13.4. The minimum Gasteiger partial charge on any atom is -0.481 e. The molecule has 1 saturated heterocycles. The van der Waals surface area contributed by atoms with Gasteiger partial charge in [0, 0.05) is 30.6 Å². The van der Waals surface area contributed by atoms with Crippen molar-refractivity contribution >= 4 is 11.9 Å². The highest BCUT2D eigenvalue weighted by Crippen LogP contribution is 2.44. The highest BCUT2D eigenvalue weighted by Gasteiger charge is 2.36. The first kappa shape index (κ1) is 16.6. The second kappa shape index (κ2) is 6.83. The number of nitrogens with zero attached hydrogens (tertiary/aromatic N) is 1. The Balaban J connectivity index is 1.60. The number of carboxylic acids is 1. The Morgan fingerprint density at radius 2 is 1.50 bits per heavy atom. The predicted octanol–water partition coefficient (Wildman–Crippen LogP) is 3.64. The van der Waals surface area contributed by atoms with Gasteiger partial charge in [-0.3, -0.25) is 9.59 Å². The number of piperidine rings is 1. The minimum absolute atomic E-state index is 0.0713. The van der Waals surface area contributed by atoms with E-state index in [9.17, 15) is 9.59 Å². The van der Waals surface area contributed by atoms with Crippen molar-refractivity contribution in [3.05, 3.63) is 59.7 Å². The SMILES string of the molecule is O=C(O)CC1CCN(C(=O)C2c3ccccc3Oc3ccccc32)CC1. The fourth-order valence-electron chi connectivity index (χ4n) is 3.96. The number of amides is 1. The maximum absolute atomic E-state index is 13.4. The highest BCUT2D eigenvalue weighted by molar-refractivity contribution is 5.89. The van der Waals surface area contributed by atoms with Crippen LogP contribution < -0.4 is 4.74 Å². The number of carbonyl (C=O) groups excluding carboxylic acids is 1. The summed E-state index contributed by atoms with van der Waals surface area (Å²) in [5, 5.41) is 8.97. The van der Waals surface area contributed by atoms with Gasteiger partial charge in [-0.05, 0) is 30.9 Å². The maximum Gasteiger partial charge on any atom is 0.303 e. The van der Waals surface area contributed by atoms with Crippen LogP contribution in [-0.2, 0) is 9.59 Å². The van der Waals surface area contributed by atoms with Gasteiger partial charge in [0.15, 0.2) is 0 Å². The molecule has 134 valence electrons. The number of hydrogen-bond acceptors (Lipinski definition) is 3. The van der Waals surface area contributed by atoms with E-state index in [1.807, 2.05) is 53.4 Å². The molecule has 0 spiro atoms. The lowest BCUT2D eigenvalue weighted by atomic mass is 9.85. The van der Waals surface area contributed by atoms with E-state index in [0.717, 1.165) is 35.5 Å². The lowest BCUT2D eigenvalue weighted by Gasteiger charge is -2.36. The van der Waals surface area contributed by atoms with Crippen LogP contribution >= 0.6 is 0 Å². The third-order valence-corrected chi connectivity index (χ3v) is 5.32. The molecule has 0 aromatic heterocycles. The van der Waals surface area contributed by atoms with Crippen molar-refractivity contribution in [1.82, 2.24) is 4.90 Å². The van der Waals surface area contributed by atoms with Crippen LogP contribution in [0.1, 0.15) is 36.3 Å². The zero-order valence-corrected chi connectivity index (χ0v) is 14.4. The molecular weight excluding hydrogens is 330 g/mol. The van der Waals surface area contributed by atoms with Gasteiger partial charge in [0.05, 0.1) is 5.92 Å². The number of aliphatic carboxylic acids is 1. The van der Waals surface area contributed by atoms with Crippen LogP contribution in [0.3, 0.4) is 0 Å². The largest absolute Gasteiger partial charge is 0.481 e. The molecule has 0 atom stereocenters. The fraction of sp³-hybridized carbons (Fsp3) is 0.333. The van der Waals surface area contributed by atoms with E-state index in [1.54, 1.807) is 0 Å². The van der Waals surface area contributed by atoms with Crippen molar-refractivity contribution < 1.29 is 19.4 Å². The van der Waals surface area contributed by atoms with E-state index < -0.39 is 5.97 Å². The molecule has 1 N–H and O–H groups in total. The lowest BCUT2D eigenvalue weighted by Crippen LogP contribution is -2.42. The van der Waals surface area contributed by atoms with E-state index >= 15 is 0 Å². The van der Waals surface area contributed by atoms with Gasteiger partial charge >= 0.3 is 5.97 Å². The van der Waals surface area contributed by atoms with E-state index in [4.69, 9.17) is 9.84 Å². The number of rotatable bonds is 3. The molecule has 0 unspecified atom stereocenters. The van der Waals surface area contributed by atoms with Crippen LogP contribution in [0.4, 0.5) is 0 Å². The first-order chi connectivity index (χ1) is 12.6. The second-order valence-corrected chi connectivity index (χ2v) is 6.98. The molecule has 2 aliphatic rings. The van der Waals surface area contributed by atoms with Crippen LogP contribution in [-0.4, -0.2) is 35.0 Å². The van der Waals surface area contributed by atoms with Gasteiger partial charge in [0.2, 0.25) is 5.91 Å². The summed E-state index contributed by atoms with van der Waals surface area (Å²) in [5.41, 5.74) is 1.78. The molecule has 1 amide bonds. The first-order valence-electron chi connectivity index (χ1n) is 9.00. The van der Waals surface area contributed by atoms with Crippen molar-refractivity contribution in [1.29, 1.82) is 0 Å². The van der Waals surface area contributed by atoms with Crippen molar-refractivity contribution in [3.8, 4) is 11.5 Å². The zero-order chi connectivity index (χ0) is 18.1. The van der Waals surface area contributed by atoms with Gasteiger partial charge in [-0.15, -0.1) is 0 Å². The summed E-state index contributed by atoms with van der Waals surface area (Å²) >= 11 is 0. The van der Waals surface area contributed by atoms with E-state index in [1.165, 1.54) is 0 Å². The molecule has 2 aromatic rings. The topological polar surface area (TPSA) is 66.8 Å². The molecule has 5 heteroatoms.